The first kappa shape index (κ1) is 9.65. The van der Waals surface area contributed by atoms with Crippen molar-refractivity contribution in [1.82, 2.24) is 15.2 Å². The molecule has 17 heavy (non-hydrogen) atoms. The van der Waals surface area contributed by atoms with E-state index in [9.17, 15) is 4.79 Å². The van der Waals surface area contributed by atoms with Gasteiger partial charge in [0.25, 0.3) is 5.91 Å². The summed E-state index contributed by atoms with van der Waals surface area (Å²) >= 11 is 0. The number of H-pyrrole nitrogens is 2. The second-order valence-corrected chi connectivity index (χ2v) is 3.70. The molecule has 84 valence electrons. The first-order valence-corrected chi connectivity index (χ1v) is 5.21. The number of aromatic nitrogens is 3. The minimum atomic E-state index is -0.161. The number of hydrogen-bond donors (Lipinski definition) is 3. The highest BCUT2D eigenvalue weighted by Crippen LogP contribution is 2.15. The van der Waals surface area contributed by atoms with Crippen molar-refractivity contribution in [3.05, 3.63) is 48.3 Å². The number of fused-ring (bicyclic) bond motifs is 1. The Balaban J connectivity index is 1.90. The Morgan fingerprint density at radius 2 is 2.18 bits per heavy atom. The zero-order chi connectivity index (χ0) is 11.7. The molecule has 1 aromatic carbocycles. The van der Waals surface area contributed by atoms with Crippen molar-refractivity contribution in [3.8, 4) is 0 Å². The third-order valence-electron chi connectivity index (χ3n) is 2.57. The molecule has 3 aromatic rings. The van der Waals surface area contributed by atoms with Crippen LogP contribution in [0.3, 0.4) is 0 Å². The Morgan fingerprint density at radius 1 is 1.24 bits per heavy atom. The Labute approximate surface area is 96.9 Å². The number of nitrogens with one attached hydrogen (secondary N) is 3. The number of benzene rings is 1. The lowest BCUT2D eigenvalue weighted by Gasteiger charge is -2.02. The SMILES string of the molecule is O=C(Nc1ccn[nH]1)c1ccc2cc[nH]c2c1. The average molecular weight is 226 g/mol. The van der Waals surface area contributed by atoms with E-state index in [0.29, 0.717) is 11.4 Å². The largest absolute Gasteiger partial charge is 0.361 e. The van der Waals surface area contributed by atoms with E-state index in [1.165, 1.54) is 0 Å². The molecular formula is C12H10N4O. The summed E-state index contributed by atoms with van der Waals surface area (Å²) in [6, 6.07) is 9.19. The van der Waals surface area contributed by atoms with Crippen LogP contribution in [-0.4, -0.2) is 21.1 Å². The predicted octanol–water partition coefficient (Wildman–Crippen LogP) is 2.14. The number of nitrogens with zero attached hydrogens (tertiary/aromatic N) is 1. The number of hydrogen-bond acceptors (Lipinski definition) is 2. The maximum atomic E-state index is 11.9. The minimum Gasteiger partial charge on any atom is -0.361 e. The molecule has 0 aliphatic carbocycles. The average Bonchev–Trinajstić information content (AvgIpc) is 2.97. The summed E-state index contributed by atoms with van der Waals surface area (Å²) in [5, 5.41) is 10.3. The highest BCUT2D eigenvalue weighted by Gasteiger charge is 2.07. The summed E-state index contributed by atoms with van der Waals surface area (Å²) in [4.78, 5) is 15.0. The molecule has 3 rings (SSSR count). The van der Waals surface area contributed by atoms with E-state index in [0.717, 1.165) is 10.9 Å². The summed E-state index contributed by atoms with van der Waals surface area (Å²) in [5.74, 6) is 0.423. The van der Waals surface area contributed by atoms with Crippen molar-refractivity contribution in [2.45, 2.75) is 0 Å². The Morgan fingerprint density at radius 3 is 3.00 bits per heavy atom. The first-order chi connectivity index (χ1) is 8.33. The second kappa shape index (κ2) is 3.79. The van der Waals surface area contributed by atoms with Crippen LogP contribution in [0.4, 0.5) is 5.82 Å². The van der Waals surface area contributed by atoms with Crippen LogP contribution in [0.1, 0.15) is 10.4 Å². The fourth-order valence-corrected chi connectivity index (χ4v) is 1.71. The lowest BCUT2D eigenvalue weighted by molar-refractivity contribution is 0.102. The molecule has 0 fully saturated rings. The van der Waals surface area contributed by atoms with Gasteiger partial charge in [0.05, 0.1) is 6.20 Å². The highest BCUT2D eigenvalue weighted by molar-refractivity contribution is 6.05. The van der Waals surface area contributed by atoms with Gasteiger partial charge in [0, 0.05) is 23.3 Å². The van der Waals surface area contributed by atoms with Gasteiger partial charge in [0.15, 0.2) is 0 Å². The van der Waals surface area contributed by atoms with E-state index in [2.05, 4.69) is 20.5 Å². The molecular weight excluding hydrogens is 216 g/mol. The van der Waals surface area contributed by atoms with Gasteiger partial charge in [0.1, 0.15) is 5.82 Å². The Kier molecular flexibility index (Phi) is 2.15. The summed E-state index contributed by atoms with van der Waals surface area (Å²) in [6.45, 7) is 0. The number of aromatic amines is 2. The van der Waals surface area contributed by atoms with Gasteiger partial charge >= 0.3 is 0 Å². The Bertz CT molecular complexity index is 654. The maximum Gasteiger partial charge on any atom is 0.256 e. The molecule has 0 saturated heterocycles. The molecule has 0 radical (unpaired) electrons. The fraction of sp³-hybridized carbons (Fsp3) is 0. The molecule has 0 unspecified atom stereocenters. The van der Waals surface area contributed by atoms with E-state index < -0.39 is 0 Å². The lowest BCUT2D eigenvalue weighted by atomic mass is 10.1. The lowest BCUT2D eigenvalue weighted by Crippen LogP contribution is -2.11. The maximum absolute atomic E-state index is 11.9. The van der Waals surface area contributed by atoms with Crippen molar-refractivity contribution >= 4 is 22.6 Å². The second-order valence-electron chi connectivity index (χ2n) is 3.70. The first-order valence-electron chi connectivity index (χ1n) is 5.21. The summed E-state index contributed by atoms with van der Waals surface area (Å²) in [7, 11) is 0. The Hall–Kier alpha value is -2.56. The number of amides is 1. The van der Waals surface area contributed by atoms with Crippen LogP contribution in [0.25, 0.3) is 10.9 Å². The zero-order valence-corrected chi connectivity index (χ0v) is 8.90. The van der Waals surface area contributed by atoms with E-state index in [1.807, 2.05) is 24.4 Å². The number of anilines is 1. The molecule has 0 saturated carbocycles. The molecule has 2 aromatic heterocycles. The van der Waals surface area contributed by atoms with Crippen LogP contribution in [0, 0.1) is 0 Å². The van der Waals surface area contributed by atoms with Gasteiger partial charge in [-0.3, -0.25) is 9.89 Å². The molecule has 5 heteroatoms. The van der Waals surface area contributed by atoms with Crippen molar-refractivity contribution in [1.29, 1.82) is 0 Å². The fourth-order valence-electron chi connectivity index (χ4n) is 1.71. The molecule has 0 aliphatic rings. The molecule has 3 N–H and O–H groups in total. The molecule has 5 nitrogen and oxygen atoms in total. The minimum absolute atomic E-state index is 0.161. The normalized spacial score (nSPS) is 10.6. The van der Waals surface area contributed by atoms with Gasteiger partial charge in [-0.15, -0.1) is 0 Å². The summed E-state index contributed by atoms with van der Waals surface area (Å²) in [6.07, 6.45) is 3.44. The standard InChI is InChI=1S/C12H10N4O/c17-12(15-11-4-6-14-16-11)9-2-1-8-3-5-13-10(8)7-9/h1-7,13H,(H2,14,15,16,17). The van der Waals surface area contributed by atoms with Crippen LogP contribution in [-0.2, 0) is 0 Å². The van der Waals surface area contributed by atoms with Crippen LogP contribution >= 0.6 is 0 Å². The van der Waals surface area contributed by atoms with E-state index >= 15 is 0 Å². The van der Waals surface area contributed by atoms with E-state index in [-0.39, 0.29) is 5.91 Å². The number of carbonyl (C=O) groups is 1. The molecule has 0 aliphatic heterocycles. The van der Waals surface area contributed by atoms with Crippen LogP contribution in [0.5, 0.6) is 0 Å². The van der Waals surface area contributed by atoms with Crippen molar-refractivity contribution < 1.29 is 4.79 Å². The van der Waals surface area contributed by atoms with Crippen molar-refractivity contribution in [2.24, 2.45) is 0 Å². The molecule has 0 spiro atoms. The van der Waals surface area contributed by atoms with E-state index in [1.54, 1.807) is 18.3 Å². The smallest absolute Gasteiger partial charge is 0.256 e. The topological polar surface area (TPSA) is 73.6 Å². The summed E-state index contributed by atoms with van der Waals surface area (Å²) < 4.78 is 0. The molecule has 1 amide bonds. The highest BCUT2D eigenvalue weighted by atomic mass is 16.1. The van der Waals surface area contributed by atoms with Crippen LogP contribution < -0.4 is 5.32 Å². The van der Waals surface area contributed by atoms with Crippen molar-refractivity contribution in [3.63, 3.8) is 0 Å². The van der Waals surface area contributed by atoms with Gasteiger partial charge in [-0.2, -0.15) is 5.10 Å². The van der Waals surface area contributed by atoms with Crippen molar-refractivity contribution in [2.75, 3.05) is 5.32 Å². The van der Waals surface area contributed by atoms with E-state index in [4.69, 9.17) is 0 Å². The van der Waals surface area contributed by atoms with Gasteiger partial charge in [-0.25, -0.2) is 0 Å². The molecule has 0 bridgehead atoms. The van der Waals surface area contributed by atoms with Gasteiger partial charge < -0.3 is 10.3 Å². The van der Waals surface area contributed by atoms with Gasteiger partial charge in [-0.05, 0) is 23.6 Å². The number of carbonyl (C=O) groups excluding carboxylic acids is 1. The van der Waals surface area contributed by atoms with Crippen LogP contribution in [0.15, 0.2) is 42.7 Å². The van der Waals surface area contributed by atoms with Gasteiger partial charge in [-0.1, -0.05) is 6.07 Å². The quantitative estimate of drug-likeness (QED) is 0.626. The number of rotatable bonds is 2. The monoisotopic (exact) mass is 226 g/mol. The summed E-state index contributed by atoms with van der Waals surface area (Å²) in [5.41, 5.74) is 1.55. The third kappa shape index (κ3) is 1.78. The molecule has 0 atom stereocenters. The third-order valence-corrected chi connectivity index (χ3v) is 2.57. The van der Waals surface area contributed by atoms with Gasteiger partial charge in [0.2, 0.25) is 0 Å². The molecule has 2 heterocycles. The van der Waals surface area contributed by atoms with Crippen LogP contribution in [0.2, 0.25) is 0 Å². The predicted molar refractivity (Wildman–Crippen MR) is 64.8 cm³/mol. The zero-order valence-electron chi connectivity index (χ0n) is 8.90.